The van der Waals surface area contributed by atoms with Crippen LogP contribution in [0.1, 0.15) is 11.9 Å². The van der Waals surface area contributed by atoms with Crippen LogP contribution in [-0.2, 0) is 6.54 Å². The lowest BCUT2D eigenvalue weighted by Crippen LogP contribution is -2.21. The molecule has 106 valence electrons. The Morgan fingerprint density at radius 3 is 2.95 bits per heavy atom. The van der Waals surface area contributed by atoms with E-state index in [0.29, 0.717) is 10.1 Å². The number of halogens is 1. The van der Waals surface area contributed by atoms with Crippen LogP contribution in [0.25, 0.3) is 0 Å². The molecule has 0 unspecified atom stereocenters. The molecule has 0 aliphatic rings. The molecule has 20 heavy (non-hydrogen) atoms. The van der Waals surface area contributed by atoms with E-state index >= 15 is 0 Å². The zero-order valence-electron chi connectivity index (χ0n) is 10.4. The highest BCUT2D eigenvalue weighted by molar-refractivity contribution is 9.10. The lowest BCUT2D eigenvalue weighted by atomic mass is 10.4. The molecule has 1 N–H and O–H groups in total. The van der Waals surface area contributed by atoms with Crippen LogP contribution in [0.3, 0.4) is 0 Å². The molecule has 8 nitrogen and oxygen atoms in total. The zero-order valence-corrected chi connectivity index (χ0v) is 12.8. The van der Waals surface area contributed by atoms with Gasteiger partial charge in [0.1, 0.15) is 5.01 Å². The van der Waals surface area contributed by atoms with Gasteiger partial charge in [-0.05, 0) is 22.9 Å². The smallest absolute Gasteiger partial charge is 0.286 e. The molecule has 0 aliphatic carbocycles. The van der Waals surface area contributed by atoms with E-state index in [4.69, 9.17) is 0 Å². The first-order valence-corrected chi connectivity index (χ1v) is 7.23. The van der Waals surface area contributed by atoms with Crippen LogP contribution >= 0.6 is 27.3 Å². The molecule has 0 atom stereocenters. The second-order valence-corrected chi connectivity index (χ2v) is 5.68. The van der Waals surface area contributed by atoms with Crippen molar-refractivity contribution in [2.24, 2.45) is 0 Å². The minimum absolute atomic E-state index is 0.141. The van der Waals surface area contributed by atoms with Gasteiger partial charge in [0.05, 0.1) is 22.1 Å². The number of nitro groups is 1. The Bertz CT molecular complexity index is 698. The standard InChI is InChI=1S/C10H10BrN5O3S/c1-2-12-10-14-13-8(20-10)5-15-4-6(16(18)19)3-7(11)9(15)17/h3-4H,2,5H2,1H3,(H,12,14). The number of anilines is 1. The monoisotopic (exact) mass is 359 g/mol. The third kappa shape index (κ3) is 3.20. The van der Waals surface area contributed by atoms with Gasteiger partial charge in [-0.15, -0.1) is 10.2 Å². The van der Waals surface area contributed by atoms with Crippen molar-refractivity contribution in [3.63, 3.8) is 0 Å². The number of nitrogens with zero attached hydrogens (tertiary/aromatic N) is 4. The summed E-state index contributed by atoms with van der Waals surface area (Å²) in [5.74, 6) is 0. The minimum atomic E-state index is -0.551. The van der Waals surface area contributed by atoms with E-state index in [2.05, 4.69) is 31.4 Å². The maximum atomic E-state index is 11.9. The summed E-state index contributed by atoms with van der Waals surface area (Å²) >= 11 is 4.33. The molecule has 0 amide bonds. The second kappa shape index (κ2) is 6.09. The fraction of sp³-hybridized carbons (Fsp3) is 0.300. The second-order valence-electron chi connectivity index (χ2n) is 3.77. The quantitative estimate of drug-likeness (QED) is 0.645. The molecule has 2 aromatic heterocycles. The van der Waals surface area contributed by atoms with Crippen molar-refractivity contribution in [1.82, 2.24) is 14.8 Å². The van der Waals surface area contributed by atoms with Crippen molar-refractivity contribution in [3.05, 3.63) is 42.2 Å². The van der Waals surface area contributed by atoms with Crippen LogP contribution in [0.5, 0.6) is 0 Å². The maximum absolute atomic E-state index is 11.9. The van der Waals surface area contributed by atoms with E-state index < -0.39 is 4.92 Å². The normalized spacial score (nSPS) is 10.5. The predicted molar refractivity (Wildman–Crippen MR) is 78.2 cm³/mol. The molecule has 0 radical (unpaired) electrons. The first kappa shape index (κ1) is 14.6. The molecule has 0 bridgehead atoms. The Morgan fingerprint density at radius 2 is 2.30 bits per heavy atom. The molecular weight excluding hydrogens is 350 g/mol. The van der Waals surface area contributed by atoms with Crippen LogP contribution in [0.2, 0.25) is 0 Å². The first-order chi connectivity index (χ1) is 9.51. The van der Waals surface area contributed by atoms with E-state index in [-0.39, 0.29) is 22.3 Å². The highest BCUT2D eigenvalue weighted by Crippen LogP contribution is 2.18. The molecule has 0 aliphatic heterocycles. The summed E-state index contributed by atoms with van der Waals surface area (Å²) in [4.78, 5) is 22.2. The van der Waals surface area contributed by atoms with Crippen LogP contribution in [-0.4, -0.2) is 26.2 Å². The van der Waals surface area contributed by atoms with Gasteiger partial charge in [0.15, 0.2) is 0 Å². The molecular formula is C10H10BrN5O3S. The van der Waals surface area contributed by atoms with Crippen molar-refractivity contribution < 1.29 is 4.92 Å². The summed E-state index contributed by atoms with van der Waals surface area (Å²) in [6, 6.07) is 1.18. The molecule has 0 fully saturated rings. The van der Waals surface area contributed by atoms with Gasteiger partial charge in [-0.1, -0.05) is 11.3 Å². The average Bonchev–Trinajstić information content (AvgIpc) is 2.82. The number of nitrogens with one attached hydrogen (secondary N) is 1. The van der Waals surface area contributed by atoms with E-state index in [1.165, 1.54) is 28.2 Å². The number of aromatic nitrogens is 3. The van der Waals surface area contributed by atoms with E-state index in [9.17, 15) is 14.9 Å². The van der Waals surface area contributed by atoms with Gasteiger partial charge < -0.3 is 9.88 Å². The molecule has 0 spiro atoms. The molecule has 0 saturated heterocycles. The van der Waals surface area contributed by atoms with Gasteiger partial charge in [-0.3, -0.25) is 14.9 Å². The number of hydrogen-bond donors (Lipinski definition) is 1. The maximum Gasteiger partial charge on any atom is 0.286 e. The lowest BCUT2D eigenvalue weighted by Gasteiger charge is -2.03. The SMILES string of the molecule is CCNc1nnc(Cn2cc([N+](=O)[O-])cc(Br)c2=O)s1. The number of rotatable bonds is 5. The molecule has 0 saturated carbocycles. The Balaban J connectivity index is 2.32. The topological polar surface area (TPSA) is 103 Å². The van der Waals surface area contributed by atoms with E-state index in [1.54, 1.807) is 0 Å². The summed E-state index contributed by atoms with van der Waals surface area (Å²) in [6.45, 7) is 2.79. The van der Waals surface area contributed by atoms with Crippen LogP contribution in [0, 0.1) is 10.1 Å². The van der Waals surface area contributed by atoms with E-state index in [0.717, 1.165) is 6.54 Å². The Labute approximate surface area is 125 Å². The van der Waals surface area contributed by atoms with Crippen molar-refractivity contribution in [2.75, 3.05) is 11.9 Å². The third-order valence-corrected chi connectivity index (χ3v) is 3.77. The third-order valence-electron chi connectivity index (χ3n) is 2.34. The minimum Gasteiger partial charge on any atom is -0.360 e. The largest absolute Gasteiger partial charge is 0.360 e. The van der Waals surface area contributed by atoms with Gasteiger partial charge in [-0.25, -0.2) is 0 Å². The fourth-order valence-electron chi connectivity index (χ4n) is 1.49. The first-order valence-electron chi connectivity index (χ1n) is 5.62. The molecule has 10 heteroatoms. The highest BCUT2D eigenvalue weighted by atomic mass is 79.9. The van der Waals surface area contributed by atoms with Gasteiger partial charge >= 0.3 is 0 Å². The van der Waals surface area contributed by atoms with Crippen molar-refractivity contribution in [1.29, 1.82) is 0 Å². The Hall–Kier alpha value is -1.81. The van der Waals surface area contributed by atoms with Gasteiger partial charge in [-0.2, -0.15) is 0 Å². The molecule has 2 rings (SSSR count). The van der Waals surface area contributed by atoms with Gasteiger partial charge in [0, 0.05) is 12.6 Å². The fourth-order valence-corrected chi connectivity index (χ4v) is 2.76. The van der Waals surface area contributed by atoms with Crippen LogP contribution < -0.4 is 10.9 Å². The summed E-state index contributed by atoms with van der Waals surface area (Å²) in [6.07, 6.45) is 1.20. The van der Waals surface area contributed by atoms with Crippen molar-refractivity contribution in [3.8, 4) is 0 Å². The predicted octanol–water partition coefficient (Wildman–Crippen LogP) is 1.85. The average molecular weight is 360 g/mol. The molecule has 2 aromatic rings. The van der Waals surface area contributed by atoms with Crippen molar-refractivity contribution >= 4 is 38.1 Å². The van der Waals surface area contributed by atoms with Crippen molar-refractivity contribution in [2.45, 2.75) is 13.5 Å². The summed E-state index contributed by atoms with van der Waals surface area (Å²) in [5, 5.41) is 22.9. The Morgan fingerprint density at radius 1 is 1.55 bits per heavy atom. The van der Waals surface area contributed by atoms with Gasteiger partial charge in [0.25, 0.3) is 11.2 Å². The van der Waals surface area contributed by atoms with E-state index in [1.807, 2.05) is 6.92 Å². The number of hydrogen-bond acceptors (Lipinski definition) is 7. The van der Waals surface area contributed by atoms with Gasteiger partial charge in [0.2, 0.25) is 5.13 Å². The summed E-state index contributed by atoms with van der Waals surface area (Å²) in [7, 11) is 0. The Kier molecular flexibility index (Phi) is 4.45. The summed E-state index contributed by atoms with van der Waals surface area (Å²) < 4.78 is 1.38. The number of pyridine rings is 1. The molecule has 2 heterocycles. The highest BCUT2D eigenvalue weighted by Gasteiger charge is 2.14. The summed E-state index contributed by atoms with van der Waals surface area (Å²) in [5.41, 5.74) is -0.510. The zero-order chi connectivity index (χ0) is 14.7. The molecule has 0 aromatic carbocycles. The lowest BCUT2D eigenvalue weighted by molar-refractivity contribution is -0.385. The van der Waals surface area contributed by atoms with Crippen LogP contribution in [0.4, 0.5) is 10.8 Å². The van der Waals surface area contributed by atoms with Crippen LogP contribution in [0.15, 0.2) is 21.5 Å².